The van der Waals surface area contributed by atoms with E-state index in [0.29, 0.717) is 5.75 Å². The Labute approximate surface area is 108 Å². The highest BCUT2D eigenvalue weighted by Crippen LogP contribution is 2.53. The lowest BCUT2D eigenvalue weighted by atomic mass is 9.74. The average Bonchev–Trinajstić information content (AvgIpc) is 2.69. The van der Waals surface area contributed by atoms with Gasteiger partial charge in [-0.2, -0.15) is 0 Å². The van der Waals surface area contributed by atoms with Gasteiger partial charge in [0, 0.05) is 5.41 Å². The van der Waals surface area contributed by atoms with Crippen LogP contribution in [-0.2, 0) is 5.41 Å². The molecule has 0 saturated heterocycles. The van der Waals surface area contributed by atoms with E-state index in [1.807, 2.05) is 12.1 Å². The zero-order valence-corrected chi connectivity index (χ0v) is 10.9. The number of benzene rings is 2. The molecule has 0 amide bonds. The van der Waals surface area contributed by atoms with Crippen molar-refractivity contribution in [3.8, 4) is 16.9 Å². The number of aromatic hydroxyl groups is 1. The third kappa shape index (κ3) is 1.28. The minimum atomic E-state index is 0.125. The molecule has 0 spiro atoms. The summed E-state index contributed by atoms with van der Waals surface area (Å²) in [6.45, 7) is 4.50. The standard InChI is InChI=1S/C17H18O/c1-3-17(4-2)15-8-6-5-7-13(15)14-11-12(18)9-10-16(14)17/h5-11,18H,3-4H2,1-2H3. The van der Waals surface area contributed by atoms with Crippen LogP contribution in [-0.4, -0.2) is 5.11 Å². The molecule has 1 N–H and O–H groups in total. The predicted molar refractivity (Wildman–Crippen MR) is 74.9 cm³/mol. The smallest absolute Gasteiger partial charge is 0.116 e. The summed E-state index contributed by atoms with van der Waals surface area (Å²) in [6.07, 6.45) is 2.19. The monoisotopic (exact) mass is 238 g/mol. The Balaban J connectivity index is 2.38. The summed E-state index contributed by atoms with van der Waals surface area (Å²) in [5, 5.41) is 9.74. The van der Waals surface area contributed by atoms with Gasteiger partial charge in [-0.25, -0.2) is 0 Å². The van der Waals surface area contributed by atoms with Crippen LogP contribution < -0.4 is 0 Å². The number of phenols is 1. The molecule has 0 saturated carbocycles. The fourth-order valence-electron chi connectivity index (χ4n) is 3.46. The van der Waals surface area contributed by atoms with Crippen LogP contribution in [0.5, 0.6) is 5.75 Å². The van der Waals surface area contributed by atoms with Crippen molar-refractivity contribution in [1.82, 2.24) is 0 Å². The zero-order valence-electron chi connectivity index (χ0n) is 10.9. The van der Waals surface area contributed by atoms with E-state index in [4.69, 9.17) is 0 Å². The number of phenolic OH excluding ortho intramolecular Hbond substituents is 1. The van der Waals surface area contributed by atoms with Crippen molar-refractivity contribution in [2.24, 2.45) is 0 Å². The number of hydrogen-bond acceptors (Lipinski definition) is 1. The molecule has 2 aromatic rings. The predicted octanol–water partition coefficient (Wildman–Crippen LogP) is 4.48. The molecule has 0 fully saturated rings. The first-order valence-electron chi connectivity index (χ1n) is 6.66. The van der Waals surface area contributed by atoms with E-state index in [2.05, 4.69) is 44.2 Å². The van der Waals surface area contributed by atoms with Gasteiger partial charge in [-0.05, 0) is 47.2 Å². The molecular weight excluding hydrogens is 220 g/mol. The fraction of sp³-hybridized carbons (Fsp3) is 0.294. The Morgan fingerprint density at radius 3 is 2.28 bits per heavy atom. The van der Waals surface area contributed by atoms with Gasteiger partial charge < -0.3 is 5.11 Å². The van der Waals surface area contributed by atoms with Crippen LogP contribution in [0.2, 0.25) is 0 Å². The summed E-state index contributed by atoms with van der Waals surface area (Å²) < 4.78 is 0. The van der Waals surface area contributed by atoms with Crippen molar-refractivity contribution >= 4 is 0 Å². The maximum absolute atomic E-state index is 9.74. The van der Waals surface area contributed by atoms with Crippen LogP contribution in [0.3, 0.4) is 0 Å². The van der Waals surface area contributed by atoms with Gasteiger partial charge in [0.2, 0.25) is 0 Å². The highest BCUT2D eigenvalue weighted by atomic mass is 16.3. The molecule has 0 unspecified atom stereocenters. The Morgan fingerprint density at radius 1 is 0.889 bits per heavy atom. The molecule has 0 radical (unpaired) electrons. The molecule has 0 bridgehead atoms. The molecule has 18 heavy (non-hydrogen) atoms. The second kappa shape index (κ2) is 3.88. The van der Waals surface area contributed by atoms with E-state index < -0.39 is 0 Å². The summed E-state index contributed by atoms with van der Waals surface area (Å²) in [4.78, 5) is 0. The Bertz CT molecular complexity index is 594. The molecule has 3 rings (SSSR count). The Morgan fingerprint density at radius 2 is 1.56 bits per heavy atom. The third-order valence-electron chi connectivity index (χ3n) is 4.46. The van der Waals surface area contributed by atoms with Gasteiger partial charge in [0.1, 0.15) is 5.75 Å². The summed E-state index contributed by atoms with van der Waals surface area (Å²) in [7, 11) is 0. The van der Waals surface area contributed by atoms with Gasteiger partial charge in [0.15, 0.2) is 0 Å². The first-order valence-corrected chi connectivity index (χ1v) is 6.66. The van der Waals surface area contributed by atoms with Crippen LogP contribution >= 0.6 is 0 Å². The quantitative estimate of drug-likeness (QED) is 0.818. The highest BCUT2D eigenvalue weighted by Gasteiger charge is 2.40. The molecule has 0 heterocycles. The molecule has 0 atom stereocenters. The number of hydrogen-bond donors (Lipinski definition) is 1. The molecule has 1 nitrogen and oxygen atoms in total. The van der Waals surface area contributed by atoms with Crippen molar-refractivity contribution < 1.29 is 5.11 Å². The zero-order chi connectivity index (χ0) is 12.8. The minimum absolute atomic E-state index is 0.125. The maximum Gasteiger partial charge on any atom is 0.116 e. The largest absolute Gasteiger partial charge is 0.508 e. The topological polar surface area (TPSA) is 20.2 Å². The summed E-state index contributed by atoms with van der Waals surface area (Å²) in [5.74, 6) is 0.353. The van der Waals surface area contributed by atoms with E-state index >= 15 is 0 Å². The van der Waals surface area contributed by atoms with E-state index in [9.17, 15) is 5.11 Å². The van der Waals surface area contributed by atoms with Crippen molar-refractivity contribution in [3.05, 3.63) is 53.6 Å². The summed E-state index contributed by atoms with van der Waals surface area (Å²) in [5.41, 5.74) is 5.39. The SMILES string of the molecule is CCC1(CC)c2ccccc2-c2cc(O)ccc21. The van der Waals surface area contributed by atoms with E-state index in [0.717, 1.165) is 12.8 Å². The first-order chi connectivity index (χ1) is 8.73. The van der Waals surface area contributed by atoms with Crippen molar-refractivity contribution in [2.45, 2.75) is 32.1 Å². The van der Waals surface area contributed by atoms with Gasteiger partial charge in [0.25, 0.3) is 0 Å². The molecule has 0 aliphatic heterocycles. The van der Waals surface area contributed by atoms with Crippen molar-refractivity contribution in [2.75, 3.05) is 0 Å². The molecule has 0 aromatic heterocycles. The molecule has 92 valence electrons. The molecule has 1 aliphatic carbocycles. The van der Waals surface area contributed by atoms with Crippen LogP contribution in [0.15, 0.2) is 42.5 Å². The fourth-order valence-corrected chi connectivity index (χ4v) is 3.46. The Hall–Kier alpha value is -1.76. The van der Waals surface area contributed by atoms with Crippen molar-refractivity contribution in [3.63, 3.8) is 0 Å². The third-order valence-corrected chi connectivity index (χ3v) is 4.46. The van der Waals surface area contributed by atoms with Crippen LogP contribution in [0, 0.1) is 0 Å². The van der Waals surface area contributed by atoms with Crippen LogP contribution in [0.4, 0.5) is 0 Å². The lowest BCUT2D eigenvalue weighted by molar-refractivity contribution is 0.471. The van der Waals surface area contributed by atoms with E-state index in [1.165, 1.54) is 22.3 Å². The maximum atomic E-state index is 9.74. The van der Waals surface area contributed by atoms with Gasteiger partial charge in [-0.3, -0.25) is 0 Å². The molecular formula is C17H18O. The second-order valence-corrected chi connectivity index (χ2v) is 5.06. The summed E-state index contributed by atoms with van der Waals surface area (Å²) >= 11 is 0. The van der Waals surface area contributed by atoms with Crippen LogP contribution in [0.25, 0.3) is 11.1 Å². The van der Waals surface area contributed by atoms with Gasteiger partial charge in [-0.1, -0.05) is 44.2 Å². The normalized spacial score (nSPS) is 15.2. The first kappa shape index (κ1) is 11.3. The average molecular weight is 238 g/mol. The lowest BCUT2D eigenvalue weighted by Crippen LogP contribution is -2.22. The van der Waals surface area contributed by atoms with Gasteiger partial charge in [0.05, 0.1) is 0 Å². The molecule has 2 aromatic carbocycles. The number of fused-ring (bicyclic) bond motifs is 3. The summed E-state index contributed by atoms with van der Waals surface area (Å²) in [6, 6.07) is 14.4. The van der Waals surface area contributed by atoms with Crippen LogP contribution in [0.1, 0.15) is 37.8 Å². The second-order valence-electron chi connectivity index (χ2n) is 5.06. The van der Waals surface area contributed by atoms with E-state index in [1.54, 1.807) is 0 Å². The molecule has 1 aliphatic rings. The van der Waals surface area contributed by atoms with Gasteiger partial charge in [-0.15, -0.1) is 0 Å². The Kier molecular flexibility index (Phi) is 2.44. The molecule has 1 heteroatoms. The minimum Gasteiger partial charge on any atom is -0.508 e. The van der Waals surface area contributed by atoms with Gasteiger partial charge >= 0.3 is 0 Å². The van der Waals surface area contributed by atoms with E-state index in [-0.39, 0.29) is 5.41 Å². The highest BCUT2D eigenvalue weighted by molar-refractivity contribution is 5.81. The van der Waals surface area contributed by atoms with Crippen molar-refractivity contribution in [1.29, 1.82) is 0 Å². The lowest BCUT2D eigenvalue weighted by Gasteiger charge is -2.29. The number of rotatable bonds is 2.